The highest BCUT2D eigenvalue weighted by atomic mass is 19.4. The molecule has 0 fully saturated rings. The Kier molecular flexibility index (Phi) is 4.71. The summed E-state index contributed by atoms with van der Waals surface area (Å²) in [6, 6.07) is 11.6. The summed E-state index contributed by atoms with van der Waals surface area (Å²) in [4.78, 5) is 26.0. The number of hydrogen-bond acceptors (Lipinski definition) is 3. The zero-order valence-corrected chi connectivity index (χ0v) is 13.9. The average molecular weight is 363 g/mol. The van der Waals surface area contributed by atoms with Crippen LogP contribution in [0.3, 0.4) is 0 Å². The number of halogens is 3. The van der Waals surface area contributed by atoms with Crippen molar-refractivity contribution < 1.29 is 27.5 Å². The van der Waals surface area contributed by atoms with Crippen molar-refractivity contribution in [2.75, 3.05) is 11.5 Å². The van der Waals surface area contributed by atoms with Gasteiger partial charge in [0.15, 0.2) is 6.61 Å². The maximum atomic E-state index is 13.0. The van der Waals surface area contributed by atoms with E-state index in [1.54, 1.807) is 12.1 Å². The molecule has 1 aliphatic rings. The Labute approximate surface area is 148 Å². The molecule has 0 spiro atoms. The number of amides is 1. The second-order valence-corrected chi connectivity index (χ2v) is 6.07. The van der Waals surface area contributed by atoms with Gasteiger partial charge in [-0.3, -0.25) is 4.79 Å². The molecule has 2 aromatic rings. The van der Waals surface area contributed by atoms with Gasteiger partial charge in [0, 0.05) is 11.7 Å². The fraction of sp³-hybridized carbons (Fsp3) is 0.263. The number of hydrogen-bond donors (Lipinski definition) is 0. The highest BCUT2D eigenvalue weighted by molar-refractivity contribution is 5.99. The summed E-state index contributed by atoms with van der Waals surface area (Å²) in [5, 5.41) is 0. The third-order valence-electron chi connectivity index (χ3n) is 4.26. The molecule has 136 valence electrons. The van der Waals surface area contributed by atoms with Crippen molar-refractivity contribution in [2.45, 2.75) is 25.6 Å². The van der Waals surface area contributed by atoms with E-state index in [-0.39, 0.29) is 6.04 Å². The molecule has 0 aliphatic carbocycles. The number of ether oxygens (including phenoxy) is 1. The fourth-order valence-electron chi connectivity index (χ4n) is 3.13. The number of alkyl halides is 3. The summed E-state index contributed by atoms with van der Waals surface area (Å²) in [6.07, 6.45) is -4.01. The quantitative estimate of drug-likeness (QED) is 0.779. The van der Waals surface area contributed by atoms with Gasteiger partial charge in [-0.25, -0.2) is 4.79 Å². The second kappa shape index (κ2) is 6.82. The Morgan fingerprint density at radius 2 is 1.77 bits per heavy atom. The number of rotatable bonds is 3. The second-order valence-electron chi connectivity index (χ2n) is 6.07. The van der Waals surface area contributed by atoms with Crippen molar-refractivity contribution >= 4 is 17.6 Å². The van der Waals surface area contributed by atoms with Crippen molar-refractivity contribution in [1.82, 2.24) is 0 Å². The van der Waals surface area contributed by atoms with Crippen molar-refractivity contribution in [3.8, 4) is 0 Å². The zero-order chi connectivity index (χ0) is 18.9. The molecule has 1 atom stereocenters. The van der Waals surface area contributed by atoms with Gasteiger partial charge in [0.2, 0.25) is 0 Å². The molecule has 4 nitrogen and oxygen atoms in total. The van der Waals surface area contributed by atoms with E-state index in [2.05, 4.69) is 0 Å². The molecular weight excluding hydrogens is 347 g/mol. The molecule has 0 aromatic heterocycles. The molecule has 1 amide bonds. The molecule has 1 aliphatic heterocycles. The average Bonchev–Trinajstić information content (AvgIpc) is 2.94. The lowest BCUT2D eigenvalue weighted by Crippen LogP contribution is -2.38. The van der Waals surface area contributed by atoms with E-state index >= 15 is 0 Å². The lowest BCUT2D eigenvalue weighted by Gasteiger charge is -2.22. The molecule has 0 saturated heterocycles. The van der Waals surface area contributed by atoms with E-state index < -0.39 is 35.8 Å². The molecule has 26 heavy (non-hydrogen) atoms. The van der Waals surface area contributed by atoms with Crippen LogP contribution in [-0.4, -0.2) is 24.5 Å². The topological polar surface area (TPSA) is 46.6 Å². The summed E-state index contributed by atoms with van der Waals surface area (Å²) in [5.41, 5.74) is 0.0406. The minimum absolute atomic E-state index is 0.110. The Morgan fingerprint density at radius 3 is 2.50 bits per heavy atom. The van der Waals surface area contributed by atoms with Crippen molar-refractivity contribution in [3.63, 3.8) is 0 Å². The van der Waals surface area contributed by atoms with E-state index in [9.17, 15) is 22.8 Å². The van der Waals surface area contributed by atoms with Crippen LogP contribution in [0.1, 0.15) is 28.4 Å². The molecule has 0 radical (unpaired) electrons. The number of esters is 1. The fourth-order valence-corrected chi connectivity index (χ4v) is 3.13. The maximum absolute atomic E-state index is 13.0. The number of anilines is 1. The zero-order valence-electron chi connectivity index (χ0n) is 13.9. The van der Waals surface area contributed by atoms with Gasteiger partial charge in [-0.15, -0.1) is 0 Å². The van der Waals surface area contributed by atoms with Crippen LogP contribution in [0.25, 0.3) is 0 Å². The molecule has 3 rings (SSSR count). The third kappa shape index (κ3) is 3.42. The van der Waals surface area contributed by atoms with Gasteiger partial charge in [0.25, 0.3) is 5.91 Å². The SMILES string of the molecule is C[C@H]1Cc2ccccc2N1C(=O)COC(=O)c1ccccc1C(F)(F)F. The van der Waals surface area contributed by atoms with Gasteiger partial charge in [0.05, 0.1) is 11.1 Å². The first-order chi connectivity index (χ1) is 12.3. The highest BCUT2D eigenvalue weighted by Crippen LogP contribution is 2.33. The molecule has 0 N–H and O–H groups in total. The monoisotopic (exact) mass is 363 g/mol. The lowest BCUT2D eigenvalue weighted by atomic mass is 10.1. The van der Waals surface area contributed by atoms with Crippen LogP contribution in [-0.2, 0) is 22.1 Å². The largest absolute Gasteiger partial charge is 0.452 e. The minimum Gasteiger partial charge on any atom is -0.452 e. The summed E-state index contributed by atoms with van der Waals surface area (Å²) in [7, 11) is 0. The molecule has 7 heteroatoms. The number of para-hydroxylation sites is 1. The first-order valence-electron chi connectivity index (χ1n) is 8.02. The van der Waals surface area contributed by atoms with Gasteiger partial charge in [-0.2, -0.15) is 13.2 Å². The lowest BCUT2D eigenvalue weighted by molar-refractivity contribution is -0.138. The van der Waals surface area contributed by atoms with Crippen LogP contribution in [0.5, 0.6) is 0 Å². The van der Waals surface area contributed by atoms with Gasteiger partial charge < -0.3 is 9.64 Å². The van der Waals surface area contributed by atoms with Crippen LogP contribution in [0.15, 0.2) is 48.5 Å². The van der Waals surface area contributed by atoms with Gasteiger partial charge in [-0.1, -0.05) is 30.3 Å². The molecule has 1 heterocycles. The summed E-state index contributed by atoms with van der Waals surface area (Å²) >= 11 is 0. The number of fused-ring (bicyclic) bond motifs is 1. The van der Waals surface area contributed by atoms with E-state index in [0.29, 0.717) is 6.42 Å². The van der Waals surface area contributed by atoms with Gasteiger partial charge >= 0.3 is 12.1 Å². The predicted octanol–water partition coefficient (Wildman–Crippen LogP) is 3.84. The van der Waals surface area contributed by atoms with Crippen LogP contribution < -0.4 is 4.90 Å². The van der Waals surface area contributed by atoms with E-state index in [1.165, 1.54) is 17.0 Å². The minimum atomic E-state index is -4.68. The van der Waals surface area contributed by atoms with E-state index in [1.807, 2.05) is 19.1 Å². The first-order valence-corrected chi connectivity index (χ1v) is 8.02. The van der Waals surface area contributed by atoms with Crippen LogP contribution in [0.2, 0.25) is 0 Å². The molecule has 0 unspecified atom stereocenters. The molecular formula is C19H16F3NO3. The van der Waals surface area contributed by atoms with Crippen LogP contribution >= 0.6 is 0 Å². The molecule has 2 aromatic carbocycles. The highest BCUT2D eigenvalue weighted by Gasteiger charge is 2.36. The van der Waals surface area contributed by atoms with E-state index in [0.717, 1.165) is 23.4 Å². The third-order valence-corrected chi connectivity index (χ3v) is 4.26. The van der Waals surface area contributed by atoms with Gasteiger partial charge in [-0.05, 0) is 37.1 Å². The normalized spacial score (nSPS) is 16.3. The Hall–Kier alpha value is -2.83. The summed E-state index contributed by atoms with van der Waals surface area (Å²) in [6.45, 7) is 1.24. The maximum Gasteiger partial charge on any atom is 0.417 e. The number of carbonyl (C=O) groups is 2. The van der Waals surface area contributed by atoms with Crippen LogP contribution in [0, 0.1) is 0 Å². The number of nitrogens with zero attached hydrogens (tertiary/aromatic N) is 1. The van der Waals surface area contributed by atoms with E-state index in [4.69, 9.17) is 4.74 Å². The van der Waals surface area contributed by atoms with Crippen LogP contribution in [0.4, 0.5) is 18.9 Å². The Morgan fingerprint density at radius 1 is 1.12 bits per heavy atom. The molecule has 0 bridgehead atoms. The molecule has 0 saturated carbocycles. The Bertz CT molecular complexity index is 848. The standard InChI is InChI=1S/C19H16F3NO3/c1-12-10-13-6-2-5-9-16(13)23(12)17(24)11-26-18(25)14-7-3-4-8-15(14)19(20,21)22/h2-9,12H,10-11H2,1H3/t12-/m0/s1. The summed E-state index contributed by atoms with van der Waals surface area (Å²) in [5.74, 6) is -1.65. The van der Waals surface area contributed by atoms with Crippen molar-refractivity contribution in [2.24, 2.45) is 0 Å². The summed E-state index contributed by atoms with van der Waals surface area (Å²) < 4.78 is 43.8. The smallest absolute Gasteiger partial charge is 0.417 e. The Balaban J connectivity index is 1.72. The first kappa shape index (κ1) is 18.0. The number of carbonyl (C=O) groups excluding carboxylic acids is 2. The van der Waals surface area contributed by atoms with Crippen molar-refractivity contribution in [3.05, 3.63) is 65.2 Å². The van der Waals surface area contributed by atoms with Gasteiger partial charge in [0.1, 0.15) is 0 Å². The predicted molar refractivity (Wildman–Crippen MR) is 88.8 cm³/mol. The van der Waals surface area contributed by atoms with Crippen molar-refractivity contribution in [1.29, 1.82) is 0 Å². The number of benzene rings is 2.